The molecule has 0 N–H and O–H groups in total. The van der Waals surface area contributed by atoms with Crippen molar-refractivity contribution in [3.63, 3.8) is 0 Å². The number of para-hydroxylation sites is 1. The van der Waals surface area contributed by atoms with Crippen molar-refractivity contribution in [3.8, 4) is 0 Å². The fraction of sp³-hybridized carbons (Fsp3) is 0.481. The van der Waals surface area contributed by atoms with Crippen molar-refractivity contribution in [2.45, 2.75) is 44.4 Å². The Kier molecular flexibility index (Phi) is 8.44. The van der Waals surface area contributed by atoms with E-state index < -0.39 is 10.0 Å². The first-order chi connectivity index (χ1) is 17.2. The third kappa shape index (κ3) is 5.80. The molecule has 1 fully saturated rings. The normalized spacial score (nSPS) is 15.6. The molecule has 194 valence electrons. The molecule has 1 amide bonds. The van der Waals surface area contributed by atoms with Crippen LogP contribution in [-0.2, 0) is 21.2 Å². The maximum Gasteiger partial charge on any atom is 0.243 e. The van der Waals surface area contributed by atoms with Gasteiger partial charge in [0.15, 0.2) is 5.13 Å². The Labute approximate surface area is 218 Å². The first-order valence-corrected chi connectivity index (χ1v) is 14.9. The number of aryl methyl sites for hydroxylation is 2. The molecule has 2 heterocycles. The number of hydrogen-bond donors (Lipinski definition) is 0. The summed E-state index contributed by atoms with van der Waals surface area (Å²) in [5.41, 5.74) is 3.18. The van der Waals surface area contributed by atoms with Gasteiger partial charge in [-0.05, 0) is 77.0 Å². The van der Waals surface area contributed by atoms with E-state index in [-0.39, 0.29) is 11.8 Å². The maximum absolute atomic E-state index is 13.8. The predicted octanol–water partition coefficient (Wildman–Crippen LogP) is 4.55. The molecule has 0 atom stereocenters. The fourth-order valence-corrected chi connectivity index (χ4v) is 7.18. The highest BCUT2D eigenvalue weighted by Gasteiger charge is 2.35. The lowest BCUT2D eigenvalue weighted by molar-refractivity contribution is -0.123. The van der Waals surface area contributed by atoms with E-state index in [2.05, 4.69) is 24.0 Å². The Balaban J connectivity index is 1.51. The molecule has 0 radical (unpaired) electrons. The van der Waals surface area contributed by atoms with Gasteiger partial charge in [0.1, 0.15) is 0 Å². The lowest BCUT2D eigenvalue weighted by Crippen LogP contribution is -2.45. The van der Waals surface area contributed by atoms with Crippen molar-refractivity contribution in [1.82, 2.24) is 14.2 Å². The number of amides is 1. The number of hydrogen-bond acceptors (Lipinski definition) is 6. The molecule has 7 nitrogen and oxygen atoms in total. The van der Waals surface area contributed by atoms with Crippen LogP contribution in [0.25, 0.3) is 10.2 Å². The van der Waals surface area contributed by atoms with Crippen molar-refractivity contribution in [2.24, 2.45) is 5.92 Å². The first kappa shape index (κ1) is 26.7. The second-order valence-electron chi connectivity index (χ2n) is 9.75. The van der Waals surface area contributed by atoms with Crippen LogP contribution in [0.1, 0.15) is 37.3 Å². The van der Waals surface area contributed by atoms with Gasteiger partial charge in [-0.3, -0.25) is 9.69 Å². The average Bonchev–Trinajstić information content (AvgIpc) is 3.30. The Hall–Kier alpha value is -2.33. The molecule has 1 saturated heterocycles. The molecular weight excluding hydrogens is 492 g/mol. The molecule has 4 rings (SSSR count). The zero-order chi connectivity index (χ0) is 25.9. The minimum Gasteiger partial charge on any atom is -0.309 e. The monoisotopic (exact) mass is 528 g/mol. The average molecular weight is 529 g/mol. The summed E-state index contributed by atoms with van der Waals surface area (Å²) < 4.78 is 28.8. The van der Waals surface area contributed by atoms with Crippen molar-refractivity contribution in [3.05, 3.63) is 53.6 Å². The van der Waals surface area contributed by atoms with E-state index >= 15 is 0 Å². The van der Waals surface area contributed by atoms with E-state index in [1.807, 2.05) is 44.1 Å². The second kappa shape index (κ2) is 11.4. The topological polar surface area (TPSA) is 73.8 Å². The highest BCUT2D eigenvalue weighted by molar-refractivity contribution is 7.89. The molecule has 1 aromatic heterocycles. The van der Waals surface area contributed by atoms with Crippen LogP contribution in [0.3, 0.4) is 0 Å². The van der Waals surface area contributed by atoms with E-state index in [1.165, 1.54) is 9.87 Å². The van der Waals surface area contributed by atoms with Gasteiger partial charge in [0.05, 0.1) is 15.1 Å². The number of fused-ring (bicyclic) bond motifs is 1. The van der Waals surface area contributed by atoms with E-state index in [0.29, 0.717) is 37.4 Å². The first-order valence-electron chi connectivity index (χ1n) is 12.6. The summed E-state index contributed by atoms with van der Waals surface area (Å²) in [7, 11) is 0.502. The number of rotatable bonds is 9. The molecule has 0 spiro atoms. The van der Waals surface area contributed by atoms with Crippen LogP contribution in [0.4, 0.5) is 5.13 Å². The van der Waals surface area contributed by atoms with Gasteiger partial charge in [-0.1, -0.05) is 48.1 Å². The molecular formula is C27H36N4O3S2. The van der Waals surface area contributed by atoms with Crippen molar-refractivity contribution >= 4 is 42.6 Å². The smallest absolute Gasteiger partial charge is 0.243 e. The Morgan fingerprint density at radius 2 is 1.78 bits per heavy atom. The molecule has 9 heteroatoms. The molecule has 3 aromatic rings. The van der Waals surface area contributed by atoms with E-state index in [4.69, 9.17) is 4.98 Å². The number of thiazole rings is 1. The van der Waals surface area contributed by atoms with Crippen LogP contribution in [0, 0.1) is 12.8 Å². The molecule has 1 aliphatic rings. The number of sulfonamides is 1. The minimum atomic E-state index is -3.56. The van der Waals surface area contributed by atoms with Crippen molar-refractivity contribution in [2.75, 3.05) is 45.2 Å². The number of carbonyl (C=O) groups excluding carboxylic acids is 1. The van der Waals surface area contributed by atoms with Gasteiger partial charge in [-0.15, -0.1) is 0 Å². The molecule has 2 aromatic carbocycles. The number of aromatic nitrogens is 1. The van der Waals surface area contributed by atoms with Crippen molar-refractivity contribution < 1.29 is 13.2 Å². The van der Waals surface area contributed by atoms with Gasteiger partial charge in [-0.2, -0.15) is 4.31 Å². The standard InChI is InChI=1S/C27H36N4O3S2/c1-5-21-8-6-9-24-25(21)28-27(35-24)31(17-7-16-29(3)4)26(32)22-14-18-30(19-15-22)36(33,34)23-12-10-20(2)11-13-23/h6,8-13,22H,5,7,14-19H2,1-4H3. The molecule has 1 aliphatic heterocycles. The van der Waals surface area contributed by atoms with Crippen LogP contribution in [0.15, 0.2) is 47.4 Å². The zero-order valence-corrected chi connectivity index (χ0v) is 23.2. The molecule has 0 bridgehead atoms. The summed E-state index contributed by atoms with van der Waals surface area (Å²) in [5.74, 6) is -0.162. The van der Waals surface area contributed by atoms with E-state index in [9.17, 15) is 13.2 Å². The van der Waals surface area contributed by atoms with Gasteiger partial charge < -0.3 is 4.90 Å². The third-order valence-corrected chi connectivity index (χ3v) is 9.77. The minimum absolute atomic E-state index is 0.0539. The summed E-state index contributed by atoms with van der Waals surface area (Å²) in [5, 5.41) is 0.740. The Morgan fingerprint density at radius 3 is 2.42 bits per heavy atom. The van der Waals surface area contributed by atoms with Crippen LogP contribution < -0.4 is 4.90 Å². The third-order valence-electron chi connectivity index (χ3n) is 6.82. The van der Waals surface area contributed by atoms with E-state index in [0.717, 1.165) is 40.3 Å². The van der Waals surface area contributed by atoms with Crippen LogP contribution in [0.5, 0.6) is 0 Å². The summed E-state index contributed by atoms with van der Waals surface area (Å²) in [6.07, 6.45) is 2.76. The number of anilines is 1. The Morgan fingerprint density at radius 1 is 1.08 bits per heavy atom. The number of piperidine rings is 1. The molecule has 0 unspecified atom stereocenters. The highest BCUT2D eigenvalue weighted by atomic mass is 32.2. The molecule has 0 saturated carbocycles. The van der Waals surface area contributed by atoms with Gasteiger partial charge in [0, 0.05) is 25.6 Å². The summed E-state index contributed by atoms with van der Waals surface area (Å²) in [6.45, 7) is 6.22. The van der Waals surface area contributed by atoms with E-state index in [1.54, 1.807) is 23.5 Å². The number of benzene rings is 2. The van der Waals surface area contributed by atoms with Gasteiger partial charge in [0.2, 0.25) is 15.9 Å². The van der Waals surface area contributed by atoms with Gasteiger partial charge in [0.25, 0.3) is 0 Å². The fourth-order valence-electron chi connectivity index (χ4n) is 4.66. The second-order valence-corrected chi connectivity index (χ2v) is 12.7. The van der Waals surface area contributed by atoms with Crippen LogP contribution in [-0.4, -0.2) is 68.8 Å². The largest absolute Gasteiger partial charge is 0.309 e. The lowest BCUT2D eigenvalue weighted by Gasteiger charge is -2.33. The van der Waals surface area contributed by atoms with Gasteiger partial charge in [-0.25, -0.2) is 13.4 Å². The summed E-state index contributed by atoms with van der Waals surface area (Å²) >= 11 is 1.56. The van der Waals surface area contributed by atoms with Crippen LogP contribution >= 0.6 is 11.3 Å². The highest BCUT2D eigenvalue weighted by Crippen LogP contribution is 2.33. The zero-order valence-electron chi connectivity index (χ0n) is 21.6. The summed E-state index contributed by atoms with van der Waals surface area (Å²) in [6, 6.07) is 13.2. The maximum atomic E-state index is 13.8. The lowest BCUT2D eigenvalue weighted by atomic mass is 9.96. The SMILES string of the molecule is CCc1cccc2sc(N(CCCN(C)C)C(=O)C3CCN(S(=O)(=O)c4ccc(C)cc4)CC3)nc12. The number of nitrogens with zero attached hydrogens (tertiary/aromatic N) is 4. The van der Waals surface area contributed by atoms with Crippen LogP contribution in [0.2, 0.25) is 0 Å². The predicted molar refractivity (Wildman–Crippen MR) is 147 cm³/mol. The van der Waals surface area contributed by atoms with Gasteiger partial charge >= 0.3 is 0 Å². The summed E-state index contributed by atoms with van der Waals surface area (Å²) in [4.78, 5) is 23.0. The Bertz CT molecular complexity index is 1290. The molecule has 36 heavy (non-hydrogen) atoms. The quantitative estimate of drug-likeness (QED) is 0.407. The number of carbonyl (C=O) groups is 1. The molecule has 0 aliphatic carbocycles. The van der Waals surface area contributed by atoms with Crippen molar-refractivity contribution in [1.29, 1.82) is 0 Å².